The first kappa shape index (κ1) is 22.8. The van der Waals surface area contributed by atoms with Crippen LogP contribution in [-0.2, 0) is 21.8 Å². The van der Waals surface area contributed by atoms with E-state index >= 15 is 0 Å². The summed E-state index contributed by atoms with van der Waals surface area (Å²) in [7, 11) is 0. The molecule has 0 heterocycles. The third-order valence-corrected chi connectivity index (χ3v) is 2.74. The van der Waals surface area contributed by atoms with Crippen molar-refractivity contribution in [2.24, 2.45) is 0 Å². The first-order chi connectivity index (χ1) is 11.2. The first-order valence-electron chi connectivity index (χ1n) is 7.68. The fraction of sp³-hybridized carbons (Fsp3) is 0.368. The molecule has 0 saturated heterocycles. The van der Waals surface area contributed by atoms with Gasteiger partial charge in [0, 0.05) is 5.75 Å². The van der Waals surface area contributed by atoms with Crippen molar-refractivity contribution in [2.75, 3.05) is 6.61 Å². The van der Waals surface area contributed by atoms with Crippen molar-refractivity contribution in [2.45, 2.75) is 38.8 Å². The maximum absolute atomic E-state index is 11.7. The average molecular weight is 384 g/mol. The third-order valence-electron chi connectivity index (χ3n) is 2.74. The molecule has 0 radical (unpaired) electrons. The summed E-state index contributed by atoms with van der Waals surface area (Å²) in [5, 5.41) is 11.7. The van der Waals surface area contributed by atoms with Crippen molar-refractivity contribution in [3.8, 4) is 11.8 Å². The van der Waals surface area contributed by atoms with Crippen molar-refractivity contribution < 1.29 is 31.3 Å². The van der Waals surface area contributed by atoms with E-state index in [4.69, 9.17) is 14.7 Å². The minimum atomic E-state index is -1.14. The van der Waals surface area contributed by atoms with Gasteiger partial charge >= 0.3 is 23.2 Å². The van der Waals surface area contributed by atoms with Gasteiger partial charge in [-0.2, -0.15) is 35.6 Å². The predicted octanol–water partition coefficient (Wildman–Crippen LogP) is 3.99. The Morgan fingerprint density at radius 3 is 2.24 bits per heavy atom. The van der Waals surface area contributed by atoms with Crippen LogP contribution < -0.4 is 10.1 Å². The summed E-state index contributed by atoms with van der Waals surface area (Å²) < 4.78 is 10.6. The molecule has 25 heavy (non-hydrogen) atoms. The fourth-order valence-electron chi connectivity index (χ4n) is 1.63. The Morgan fingerprint density at radius 1 is 1.20 bits per heavy atom. The van der Waals surface area contributed by atoms with E-state index in [9.17, 15) is 4.79 Å². The van der Waals surface area contributed by atoms with Crippen LogP contribution in [-0.4, -0.2) is 23.8 Å². The van der Waals surface area contributed by atoms with E-state index < -0.39 is 17.2 Å². The molecular weight excluding hydrogens is 360 g/mol. The van der Waals surface area contributed by atoms with Gasteiger partial charge in [-0.05, 0) is 27.7 Å². The van der Waals surface area contributed by atoms with Crippen LogP contribution in [0, 0.1) is 11.3 Å². The molecule has 0 saturated carbocycles. The summed E-state index contributed by atoms with van der Waals surface area (Å²) in [5.74, 6) is 0.660. The molecule has 0 aliphatic rings. The molecule has 5 nitrogen and oxygen atoms in total. The Labute approximate surface area is 160 Å². The molecule has 0 spiro atoms. The van der Waals surface area contributed by atoms with Crippen LogP contribution in [0.3, 0.4) is 0 Å². The zero-order valence-corrected chi connectivity index (χ0v) is 16.0. The Balaban J connectivity index is 0.000000820. The van der Waals surface area contributed by atoms with Crippen LogP contribution in [0.25, 0.3) is 0 Å². The van der Waals surface area contributed by atoms with Gasteiger partial charge in [0.25, 0.3) is 0 Å². The van der Waals surface area contributed by atoms with Crippen LogP contribution in [0.2, 0.25) is 0 Å². The second-order valence-corrected chi connectivity index (χ2v) is 6.44. The van der Waals surface area contributed by atoms with Gasteiger partial charge in [0.2, 0.25) is 0 Å². The van der Waals surface area contributed by atoms with Gasteiger partial charge in [0.05, 0.1) is 6.07 Å². The molecule has 0 bridgehead atoms. The Bertz CT molecular complexity index is 607. The second-order valence-electron chi connectivity index (χ2n) is 6.44. The zero-order chi connectivity index (χ0) is 18.1. The number of rotatable bonds is 4. The van der Waals surface area contributed by atoms with Crippen LogP contribution in [0.5, 0.6) is 5.75 Å². The third kappa shape index (κ3) is 10.3. The minimum Gasteiger partial charge on any atom is -0.516 e. The quantitative estimate of drug-likeness (QED) is 0.639. The van der Waals surface area contributed by atoms with E-state index in [0.717, 1.165) is 0 Å². The number of carbonyl (C=O) groups is 1. The number of nitriles is 1. The average Bonchev–Trinajstić information content (AvgIpc) is 3.19. The van der Waals surface area contributed by atoms with Gasteiger partial charge in [-0.15, -0.1) is 6.07 Å². The number of ether oxygens (including phenoxy) is 2. The summed E-state index contributed by atoms with van der Waals surface area (Å²) >= 11 is 0. The molecule has 1 N–H and O–H groups in total. The molecule has 2 aromatic rings. The summed E-state index contributed by atoms with van der Waals surface area (Å²) in [5.41, 5.74) is -1.74. The maximum Gasteiger partial charge on any atom is 2.00 e. The van der Waals surface area contributed by atoms with E-state index in [1.807, 2.05) is 48.5 Å². The van der Waals surface area contributed by atoms with Gasteiger partial charge in [-0.25, -0.2) is 23.0 Å². The maximum atomic E-state index is 11.7. The molecule has 2 rings (SSSR count). The van der Waals surface area contributed by atoms with Crippen LogP contribution >= 0.6 is 0 Å². The van der Waals surface area contributed by atoms with Gasteiger partial charge < -0.3 is 9.47 Å². The number of alkyl carbamates (subject to hydrolysis) is 1. The normalized spacial score (nSPS) is 12.3. The van der Waals surface area contributed by atoms with E-state index in [1.165, 1.54) is 0 Å². The second kappa shape index (κ2) is 10.6. The monoisotopic (exact) mass is 384 g/mol. The van der Waals surface area contributed by atoms with E-state index in [-0.39, 0.29) is 23.7 Å². The number of hydrogen-bond donors (Lipinski definition) is 1. The number of amides is 1. The molecule has 6 heteroatoms. The number of hydrogen-bond acceptors (Lipinski definition) is 4. The van der Waals surface area contributed by atoms with Crippen molar-refractivity contribution in [1.82, 2.24) is 5.32 Å². The van der Waals surface area contributed by atoms with Crippen LogP contribution in [0.15, 0.2) is 54.6 Å². The number of nitrogens with one attached hydrogen (secondary N) is 1. The smallest absolute Gasteiger partial charge is 0.516 e. The molecule has 136 valence electrons. The van der Waals surface area contributed by atoms with Gasteiger partial charge in [-0.1, -0.05) is 0 Å². The van der Waals surface area contributed by atoms with Gasteiger partial charge in [0.15, 0.2) is 5.54 Å². The molecule has 0 aliphatic heterocycles. The van der Waals surface area contributed by atoms with Crippen molar-refractivity contribution >= 4 is 6.09 Å². The first-order valence-corrected chi connectivity index (χ1v) is 7.68. The minimum absolute atomic E-state index is 0. The summed E-state index contributed by atoms with van der Waals surface area (Å²) in [6.45, 7) is 6.91. The van der Waals surface area contributed by atoms with Crippen molar-refractivity contribution in [3.63, 3.8) is 0 Å². The molecule has 1 unspecified atom stereocenters. The number of carbonyl (C=O) groups excluding carboxylic acids is 1. The van der Waals surface area contributed by atoms with Gasteiger partial charge in [-0.3, -0.25) is 5.32 Å². The van der Waals surface area contributed by atoms with E-state index in [2.05, 4.69) is 5.32 Å². The Morgan fingerprint density at radius 2 is 1.84 bits per heavy atom. The summed E-state index contributed by atoms with van der Waals surface area (Å²) in [4.78, 5) is 11.7. The topological polar surface area (TPSA) is 71.3 Å². The Hall–Kier alpha value is -2.22. The standard InChI is InChI=1S/C14H19N2O3.C5H5.Fe/c1-13(2,3)19-12(17)16-14(4,9-15)10-18-11-7-5-6-8-11;1-2-4-5-3-1;/h5-8H,10H2,1-4H3,(H,16,17);1-5H;/q2*-1;+2. The van der Waals surface area contributed by atoms with E-state index in [1.54, 1.807) is 39.8 Å². The zero-order valence-electron chi connectivity index (χ0n) is 14.9. The molecule has 2 aromatic carbocycles. The van der Waals surface area contributed by atoms with Gasteiger partial charge in [0.1, 0.15) is 12.2 Å². The molecule has 0 fully saturated rings. The SMILES string of the molecule is CC(C#N)(COc1ccc[cH-]1)NC(=O)OC(C)(C)C.[Fe+2].c1cc[cH-]c1. The number of nitrogens with zero attached hydrogens (tertiary/aromatic N) is 1. The van der Waals surface area contributed by atoms with Crippen molar-refractivity contribution in [1.29, 1.82) is 5.26 Å². The summed E-state index contributed by atoms with van der Waals surface area (Å²) in [6.07, 6.45) is -0.636. The molecule has 1 atom stereocenters. The largest absolute Gasteiger partial charge is 2.00 e. The Kier molecular flexibility index (Phi) is 9.66. The van der Waals surface area contributed by atoms with E-state index in [0.29, 0.717) is 5.75 Å². The van der Waals surface area contributed by atoms with Crippen LogP contribution in [0.4, 0.5) is 4.79 Å². The molecular formula is C19H24FeN2O3. The molecule has 0 aromatic heterocycles. The van der Waals surface area contributed by atoms with Crippen molar-refractivity contribution in [3.05, 3.63) is 54.6 Å². The summed E-state index contributed by atoms with van der Waals surface area (Å²) in [6, 6.07) is 19.3. The predicted molar refractivity (Wildman–Crippen MR) is 93.0 cm³/mol. The molecule has 1 amide bonds. The fourth-order valence-corrected chi connectivity index (χ4v) is 1.63. The molecule has 0 aliphatic carbocycles. The van der Waals surface area contributed by atoms with Crippen LogP contribution in [0.1, 0.15) is 27.7 Å².